The standard InChI is InChI=1S/C11H13NO5/c1-7-4-5-9(8(6-7)12(15)16)17-11(2,3)10(13)14/h4-6H,1-3H3,(H,13,14). The van der Waals surface area contributed by atoms with E-state index in [9.17, 15) is 14.9 Å². The van der Waals surface area contributed by atoms with Gasteiger partial charge in [0.05, 0.1) is 4.92 Å². The lowest BCUT2D eigenvalue weighted by Gasteiger charge is -2.21. The van der Waals surface area contributed by atoms with Crippen molar-refractivity contribution in [2.24, 2.45) is 0 Å². The van der Waals surface area contributed by atoms with Crippen LogP contribution in [0.5, 0.6) is 5.75 Å². The van der Waals surface area contributed by atoms with Crippen LogP contribution in [-0.2, 0) is 4.79 Å². The number of hydrogen-bond donors (Lipinski definition) is 1. The Morgan fingerprint density at radius 3 is 2.53 bits per heavy atom. The minimum absolute atomic E-state index is 0.0481. The maximum absolute atomic E-state index is 10.9. The third kappa shape index (κ3) is 2.93. The molecular formula is C11H13NO5. The van der Waals surface area contributed by atoms with Crippen LogP contribution in [0.25, 0.3) is 0 Å². The van der Waals surface area contributed by atoms with Crippen molar-refractivity contribution < 1.29 is 19.6 Å². The maximum atomic E-state index is 10.9. The third-order valence-corrected chi connectivity index (χ3v) is 2.19. The zero-order valence-electron chi connectivity index (χ0n) is 9.76. The zero-order chi connectivity index (χ0) is 13.2. The van der Waals surface area contributed by atoms with E-state index in [2.05, 4.69) is 0 Å². The van der Waals surface area contributed by atoms with Gasteiger partial charge < -0.3 is 9.84 Å². The summed E-state index contributed by atoms with van der Waals surface area (Å²) in [7, 11) is 0. The summed E-state index contributed by atoms with van der Waals surface area (Å²) < 4.78 is 5.17. The maximum Gasteiger partial charge on any atom is 0.347 e. The number of carboxylic acids is 1. The molecule has 92 valence electrons. The Hall–Kier alpha value is -2.11. The molecule has 6 heteroatoms. The number of nitro benzene ring substituents is 1. The highest BCUT2D eigenvalue weighted by Crippen LogP contribution is 2.30. The van der Waals surface area contributed by atoms with Crippen LogP contribution in [0.1, 0.15) is 19.4 Å². The molecule has 1 rings (SSSR count). The summed E-state index contributed by atoms with van der Waals surface area (Å²) in [5.41, 5.74) is -1.04. The first kappa shape index (κ1) is 13.0. The second kappa shape index (κ2) is 4.40. The number of aliphatic carboxylic acids is 1. The average molecular weight is 239 g/mol. The minimum Gasteiger partial charge on any atom is -0.478 e. The number of nitrogens with zero attached hydrogens (tertiary/aromatic N) is 1. The summed E-state index contributed by atoms with van der Waals surface area (Å²) in [6.07, 6.45) is 0. The second-order valence-electron chi connectivity index (χ2n) is 4.15. The highest BCUT2D eigenvalue weighted by molar-refractivity contribution is 5.77. The number of benzene rings is 1. The van der Waals surface area contributed by atoms with Crippen LogP contribution in [0, 0.1) is 17.0 Å². The van der Waals surface area contributed by atoms with Crippen molar-refractivity contribution in [1.82, 2.24) is 0 Å². The SMILES string of the molecule is Cc1ccc(OC(C)(C)C(=O)O)c([N+](=O)[O-])c1. The van der Waals surface area contributed by atoms with Crippen molar-refractivity contribution in [2.75, 3.05) is 0 Å². The molecule has 0 heterocycles. The van der Waals surface area contributed by atoms with Crippen molar-refractivity contribution in [3.8, 4) is 5.75 Å². The molecule has 0 saturated carbocycles. The van der Waals surface area contributed by atoms with E-state index in [4.69, 9.17) is 9.84 Å². The molecule has 0 fully saturated rings. The fourth-order valence-corrected chi connectivity index (χ4v) is 1.17. The Balaban J connectivity index is 3.15. The topological polar surface area (TPSA) is 89.7 Å². The van der Waals surface area contributed by atoms with Gasteiger partial charge in [0.25, 0.3) is 0 Å². The molecule has 1 N–H and O–H groups in total. The lowest BCUT2D eigenvalue weighted by Crippen LogP contribution is -2.38. The van der Waals surface area contributed by atoms with Crippen molar-refractivity contribution >= 4 is 11.7 Å². The van der Waals surface area contributed by atoms with Gasteiger partial charge in [-0.25, -0.2) is 4.79 Å². The first-order valence-corrected chi connectivity index (χ1v) is 4.91. The number of ether oxygens (including phenoxy) is 1. The van der Waals surface area contributed by atoms with E-state index < -0.39 is 16.5 Å². The van der Waals surface area contributed by atoms with Crippen molar-refractivity contribution in [1.29, 1.82) is 0 Å². The van der Waals surface area contributed by atoms with Crippen LogP contribution in [0.2, 0.25) is 0 Å². The largest absolute Gasteiger partial charge is 0.478 e. The van der Waals surface area contributed by atoms with Crippen LogP contribution < -0.4 is 4.74 Å². The van der Waals surface area contributed by atoms with Gasteiger partial charge in [0.15, 0.2) is 11.4 Å². The number of hydrogen-bond acceptors (Lipinski definition) is 4. The number of carbonyl (C=O) groups is 1. The molecule has 0 atom stereocenters. The molecule has 17 heavy (non-hydrogen) atoms. The Kier molecular flexibility index (Phi) is 3.36. The van der Waals surface area contributed by atoms with E-state index in [0.29, 0.717) is 5.56 Å². The van der Waals surface area contributed by atoms with Gasteiger partial charge in [-0.1, -0.05) is 6.07 Å². The molecule has 0 spiro atoms. The summed E-state index contributed by atoms with van der Waals surface area (Å²) in [5.74, 6) is -1.24. The molecule has 0 bridgehead atoms. The quantitative estimate of drug-likeness (QED) is 0.642. The Morgan fingerprint density at radius 2 is 2.06 bits per heavy atom. The predicted octanol–water partition coefficient (Wildman–Crippen LogP) is 2.15. The molecule has 0 aromatic heterocycles. The molecule has 0 unspecified atom stereocenters. The van der Waals surface area contributed by atoms with Crippen LogP contribution in [-0.4, -0.2) is 21.6 Å². The molecule has 0 aliphatic heterocycles. The minimum atomic E-state index is -1.51. The van der Waals surface area contributed by atoms with Crippen LogP contribution >= 0.6 is 0 Å². The molecule has 0 radical (unpaired) electrons. The van der Waals surface area contributed by atoms with Gasteiger partial charge in [-0.3, -0.25) is 10.1 Å². The van der Waals surface area contributed by atoms with E-state index >= 15 is 0 Å². The molecule has 1 aromatic carbocycles. The summed E-state index contributed by atoms with van der Waals surface area (Å²) in [6, 6.07) is 4.37. The lowest BCUT2D eigenvalue weighted by molar-refractivity contribution is -0.386. The molecule has 0 amide bonds. The Labute approximate surface area is 98.0 Å². The normalized spacial score (nSPS) is 11.0. The second-order valence-corrected chi connectivity index (χ2v) is 4.15. The fraction of sp³-hybridized carbons (Fsp3) is 0.364. The van der Waals surface area contributed by atoms with Gasteiger partial charge >= 0.3 is 11.7 Å². The average Bonchev–Trinajstić information content (AvgIpc) is 2.19. The predicted molar refractivity (Wildman–Crippen MR) is 60.2 cm³/mol. The van der Waals surface area contributed by atoms with Gasteiger partial charge in [-0.15, -0.1) is 0 Å². The van der Waals surface area contributed by atoms with Gasteiger partial charge in [0.2, 0.25) is 0 Å². The number of nitro groups is 1. The molecule has 6 nitrogen and oxygen atoms in total. The highest BCUT2D eigenvalue weighted by Gasteiger charge is 2.32. The molecular weight excluding hydrogens is 226 g/mol. The summed E-state index contributed by atoms with van der Waals surface area (Å²) in [6.45, 7) is 4.37. The van der Waals surface area contributed by atoms with Gasteiger partial charge in [-0.2, -0.15) is 0 Å². The Bertz CT molecular complexity index is 467. The molecule has 0 aliphatic carbocycles. The molecule has 0 saturated heterocycles. The molecule has 1 aromatic rings. The highest BCUT2D eigenvalue weighted by atomic mass is 16.6. The smallest absolute Gasteiger partial charge is 0.347 e. The first-order chi connectivity index (χ1) is 7.74. The lowest BCUT2D eigenvalue weighted by atomic mass is 10.1. The van der Waals surface area contributed by atoms with Gasteiger partial charge in [0, 0.05) is 6.07 Å². The van der Waals surface area contributed by atoms with E-state index in [1.54, 1.807) is 13.0 Å². The van der Waals surface area contributed by atoms with Crippen molar-refractivity contribution in [2.45, 2.75) is 26.4 Å². The van der Waals surface area contributed by atoms with E-state index in [1.807, 2.05) is 0 Å². The van der Waals surface area contributed by atoms with Gasteiger partial charge in [-0.05, 0) is 32.4 Å². The summed E-state index contributed by atoms with van der Waals surface area (Å²) >= 11 is 0. The van der Waals surface area contributed by atoms with E-state index in [0.717, 1.165) is 0 Å². The van der Waals surface area contributed by atoms with E-state index in [1.165, 1.54) is 26.0 Å². The van der Waals surface area contributed by atoms with Crippen LogP contribution in [0.4, 0.5) is 5.69 Å². The van der Waals surface area contributed by atoms with Crippen LogP contribution in [0.15, 0.2) is 18.2 Å². The van der Waals surface area contributed by atoms with Crippen molar-refractivity contribution in [3.63, 3.8) is 0 Å². The monoisotopic (exact) mass is 239 g/mol. The third-order valence-electron chi connectivity index (χ3n) is 2.19. The number of aryl methyl sites for hydroxylation is 1. The number of carboxylic acid groups (broad SMARTS) is 1. The fourth-order valence-electron chi connectivity index (χ4n) is 1.17. The van der Waals surface area contributed by atoms with Gasteiger partial charge in [0.1, 0.15) is 0 Å². The van der Waals surface area contributed by atoms with Crippen LogP contribution in [0.3, 0.4) is 0 Å². The first-order valence-electron chi connectivity index (χ1n) is 4.91. The summed E-state index contributed by atoms with van der Waals surface area (Å²) in [4.78, 5) is 21.1. The molecule has 0 aliphatic rings. The summed E-state index contributed by atoms with van der Waals surface area (Å²) in [5, 5.41) is 19.7. The number of rotatable bonds is 4. The van der Waals surface area contributed by atoms with E-state index in [-0.39, 0.29) is 11.4 Å². The van der Waals surface area contributed by atoms with Crippen molar-refractivity contribution in [3.05, 3.63) is 33.9 Å². The zero-order valence-corrected chi connectivity index (χ0v) is 9.76. The Morgan fingerprint density at radius 1 is 1.47 bits per heavy atom.